The zero-order valence-electron chi connectivity index (χ0n) is 13.9. The van der Waals surface area contributed by atoms with Gasteiger partial charge in [-0.05, 0) is 18.2 Å². The molecule has 0 aliphatic carbocycles. The fourth-order valence-corrected chi connectivity index (χ4v) is 4.29. The number of carbonyl (C=O) groups excluding carboxylic acids is 1. The van der Waals surface area contributed by atoms with Gasteiger partial charge in [0.2, 0.25) is 0 Å². The minimum Gasteiger partial charge on any atom is -0.497 e. The van der Waals surface area contributed by atoms with Gasteiger partial charge in [0.25, 0.3) is 5.69 Å². The second kappa shape index (κ2) is 7.71. The molecule has 0 aliphatic heterocycles. The quantitative estimate of drug-likeness (QED) is 0.258. The molecule has 0 saturated carbocycles. The van der Waals surface area contributed by atoms with E-state index >= 15 is 0 Å². The van der Waals surface area contributed by atoms with E-state index in [2.05, 4.69) is 4.98 Å². The average molecular weight is 390 g/mol. The van der Waals surface area contributed by atoms with Gasteiger partial charge in [0.1, 0.15) is 11.5 Å². The second-order valence-corrected chi connectivity index (χ2v) is 7.42. The number of fused-ring (bicyclic) bond motifs is 1. The van der Waals surface area contributed by atoms with E-state index in [1.54, 1.807) is 31.4 Å². The maximum Gasteiger partial charge on any atom is 0.270 e. The minimum atomic E-state index is -0.439. The number of Topliss-reactive ketones (excluding diaryl/α,β-unsaturated/α-hetero) is 1. The summed E-state index contributed by atoms with van der Waals surface area (Å²) in [6, 6.07) is 9.56. The van der Waals surface area contributed by atoms with Crippen molar-refractivity contribution in [2.75, 3.05) is 20.0 Å². The third-order valence-electron chi connectivity index (χ3n) is 3.60. The van der Waals surface area contributed by atoms with E-state index in [-0.39, 0.29) is 17.2 Å². The monoisotopic (exact) mass is 390 g/mol. The molecule has 0 N–H and O–H groups in total. The SMILES string of the molecule is COc1ccc(C(=O)CSc2nc3ccc([N+](=O)[O-])cc3s2)c(OC)c1. The van der Waals surface area contributed by atoms with E-state index in [9.17, 15) is 14.9 Å². The molecule has 1 heterocycles. The number of nitro groups is 1. The van der Waals surface area contributed by atoms with Gasteiger partial charge in [0, 0.05) is 18.2 Å². The molecule has 1 aromatic heterocycles. The molecule has 9 heteroatoms. The predicted molar refractivity (Wildman–Crippen MR) is 101 cm³/mol. The summed E-state index contributed by atoms with van der Waals surface area (Å²) < 4.78 is 11.8. The molecular formula is C17H14N2O5S2. The molecule has 3 aromatic rings. The number of hydrogen-bond acceptors (Lipinski definition) is 8. The first-order chi connectivity index (χ1) is 12.5. The highest BCUT2D eigenvalue weighted by atomic mass is 32.2. The predicted octanol–water partition coefficient (Wildman–Crippen LogP) is 4.20. The number of thiazole rings is 1. The lowest BCUT2D eigenvalue weighted by Gasteiger charge is -2.09. The van der Waals surface area contributed by atoms with Crippen LogP contribution < -0.4 is 9.47 Å². The van der Waals surface area contributed by atoms with Gasteiger partial charge in [-0.15, -0.1) is 11.3 Å². The summed E-state index contributed by atoms with van der Waals surface area (Å²) in [5, 5.41) is 10.8. The molecule has 0 bridgehead atoms. The van der Waals surface area contributed by atoms with Crippen LogP contribution >= 0.6 is 23.1 Å². The topological polar surface area (TPSA) is 91.6 Å². The van der Waals surface area contributed by atoms with Crippen LogP contribution in [0.4, 0.5) is 5.69 Å². The highest BCUT2D eigenvalue weighted by Crippen LogP contribution is 2.33. The summed E-state index contributed by atoms with van der Waals surface area (Å²) >= 11 is 2.62. The van der Waals surface area contributed by atoms with Gasteiger partial charge in [0.05, 0.1) is 40.7 Å². The lowest BCUT2D eigenvalue weighted by molar-refractivity contribution is -0.384. The molecule has 134 valence electrons. The van der Waals surface area contributed by atoms with E-state index < -0.39 is 4.92 Å². The van der Waals surface area contributed by atoms with Crippen molar-refractivity contribution in [1.29, 1.82) is 0 Å². The molecule has 0 aliphatic rings. The zero-order valence-corrected chi connectivity index (χ0v) is 15.6. The lowest BCUT2D eigenvalue weighted by Crippen LogP contribution is -2.05. The molecule has 0 amide bonds. The van der Waals surface area contributed by atoms with Crippen molar-refractivity contribution in [3.05, 3.63) is 52.1 Å². The van der Waals surface area contributed by atoms with Crippen LogP contribution in [0.3, 0.4) is 0 Å². The Kier molecular flexibility index (Phi) is 5.38. The third kappa shape index (κ3) is 3.78. The fraction of sp³-hybridized carbons (Fsp3) is 0.176. The average Bonchev–Trinajstić information content (AvgIpc) is 3.07. The van der Waals surface area contributed by atoms with Crippen molar-refractivity contribution in [3.63, 3.8) is 0 Å². The third-order valence-corrected chi connectivity index (χ3v) is 5.76. The van der Waals surface area contributed by atoms with E-state index in [1.165, 1.54) is 42.3 Å². The molecule has 0 fully saturated rings. The number of benzene rings is 2. The number of ketones is 1. The van der Waals surface area contributed by atoms with Crippen molar-refractivity contribution >= 4 is 44.8 Å². The number of nitrogens with zero attached hydrogens (tertiary/aromatic N) is 2. The van der Waals surface area contributed by atoms with E-state index in [1.807, 2.05) is 0 Å². The van der Waals surface area contributed by atoms with E-state index in [0.29, 0.717) is 26.9 Å². The van der Waals surface area contributed by atoms with Gasteiger partial charge < -0.3 is 9.47 Å². The number of carbonyl (C=O) groups is 1. The first kappa shape index (κ1) is 18.2. The smallest absolute Gasteiger partial charge is 0.270 e. The number of nitro benzene ring substituents is 1. The van der Waals surface area contributed by atoms with Crippen LogP contribution in [0.5, 0.6) is 11.5 Å². The number of aromatic nitrogens is 1. The van der Waals surface area contributed by atoms with Crippen molar-refractivity contribution < 1.29 is 19.2 Å². The van der Waals surface area contributed by atoms with Gasteiger partial charge in [-0.2, -0.15) is 0 Å². The van der Waals surface area contributed by atoms with Gasteiger partial charge in [-0.3, -0.25) is 14.9 Å². The van der Waals surface area contributed by atoms with Crippen LogP contribution in [-0.2, 0) is 0 Å². The second-order valence-electron chi connectivity index (χ2n) is 5.17. The maximum atomic E-state index is 12.5. The Balaban J connectivity index is 1.75. The summed E-state index contributed by atoms with van der Waals surface area (Å²) in [4.78, 5) is 27.3. The van der Waals surface area contributed by atoms with Crippen LogP contribution in [-0.4, -0.2) is 35.7 Å². The van der Waals surface area contributed by atoms with Gasteiger partial charge >= 0.3 is 0 Å². The molecule has 2 aromatic carbocycles. The summed E-state index contributed by atoms with van der Waals surface area (Å²) in [5.41, 5.74) is 1.17. The number of methoxy groups -OCH3 is 2. The Morgan fingerprint density at radius 2 is 2.04 bits per heavy atom. The van der Waals surface area contributed by atoms with Crippen LogP contribution in [0.15, 0.2) is 40.7 Å². The zero-order chi connectivity index (χ0) is 18.7. The summed E-state index contributed by atoms with van der Waals surface area (Å²) in [7, 11) is 3.04. The number of non-ortho nitro benzene ring substituents is 1. The van der Waals surface area contributed by atoms with Gasteiger partial charge in [-0.25, -0.2) is 4.98 Å². The van der Waals surface area contributed by atoms with Crippen LogP contribution in [0, 0.1) is 10.1 Å². The lowest BCUT2D eigenvalue weighted by atomic mass is 10.1. The first-order valence-electron chi connectivity index (χ1n) is 7.45. The Morgan fingerprint density at radius 3 is 2.73 bits per heavy atom. The highest BCUT2D eigenvalue weighted by molar-refractivity contribution is 8.01. The van der Waals surface area contributed by atoms with Crippen LogP contribution in [0.1, 0.15) is 10.4 Å². The molecular weight excluding hydrogens is 376 g/mol. The molecule has 0 radical (unpaired) electrons. The van der Waals surface area contributed by atoms with E-state index in [0.717, 1.165) is 4.70 Å². The van der Waals surface area contributed by atoms with Crippen molar-refractivity contribution in [1.82, 2.24) is 4.98 Å². The summed E-state index contributed by atoms with van der Waals surface area (Å²) in [6.07, 6.45) is 0. The Bertz CT molecular complexity index is 986. The first-order valence-corrected chi connectivity index (χ1v) is 9.25. The van der Waals surface area contributed by atoms with Gasteiger partial charge in [0.15, 0.2) is 10.1 Å². The van der Waals surface area contributed by atoms with Crippen molar-refractivity contribution in [2.45, 2.75) is 4.34 Å². The number of thioether (sulfide) groups is 1. The molecule has 7 nitrogen and oxygen atoms in total. The van der Waals surface area contributed by atoms with Gasteiger partial charge in [-0.1, -0.05) is 11.8 Å². The Hall–Kier alpha value is -2.65. The number of rotatable bonds is 7. The normalized spacial score (nSPS) is 10.7. The Labute approximate surface area is 157 Å². The standard InChI is InChI=1S/C17H14N2O5S2/c1-23-11-4-5-12(15(8-11)24-2)14(20)9-25-17-18-13-6-3-10(19(21)22)7-16(13)26-17/h3-8H,9H2,1-2H3. The summed E-state index contributed by atoms with van der Waals surface area (Å²) in [6.45, 7) is 0. The summed E-state index contributed by atoms with van der Waals surface area (Å²) in [5.74, 6) is 1.15. The van der Waals surface area contributed by atoms with Crippen molar-refractivity contribution in [2.24, 2.45) is 0 Å². The molecule has 3 rings (SSSR count). The van der Waals surface area contributed by atoms with Crippen LogP contribution in [0.25, 0.3) is 10.2 Å². The maximum absolute atomic E-state index is 12.5. The molecule has 0 unspecified atom stereocenters. The van der Waals surface area contributed by atoms with Crippen molar-refractivity contribution in [3.8, 4) is 11.5 Å². The highest BCUT2D eigenvalue weighted by Gasteiger charge is 2.16. The van der Waals surface area contributed by atoms with E-state index in [4.69, 9.17) is 9.47 Å². The minimum absolute atomic E-state index is 0.0248. The van der Waals surface area contributed by atoms with Crippen LogP contribution in [0.2, 0.25) is 0 Å². The molecule has 0 spiro atoms. The fourth-order valence-electron chi connectivity index (χ4n) is 2.30. The number of ether oxygens (including phenoxy) is 2. The molecule has 0 atom stereocenters. The largest absolute Gasteiger partial charge is 0.497 e. The number of hydrogen-bond donors (Lipinski definition) is 0. The molecule has 0 saturated heterocycles. The Morgan fingerprint density at radius 1 is 1.23 bits per heavy atom. The molecule has 26 heavy (non-hydrogen) atoms.